The Morgan fingerprint density at radius 3 is 2.78 bits per heavy atom. The highest BCUT2D eigenvalue weighted by Crippen LogP contribution is 2.29. The Morgan fingerprint density at radius 2 is 2.00 bits per heavy atom. The Kier molecular flexibility index (Phi) is 3.31. The normalized spacial score (nSPS) is 19.9. The number of epoxide rings is 1. The number of benzene rings is 2. The maximum Gasteiger partial charge on any atom is 0.104 e. The molecule has 2 nitrogen and oxygen atoms in total. The van der Waals surface area contributed by atoms with Gasteiger partial charge in [0.15, 0.2) is 0 Å². The summed E-state index contributed by atoms with van der Waals surface area (Å²) in [4.78, 5) is 0. The van der Waals surface area contributed by atoms with Gasteiger partial charge < -0.3 is 9.47 Å². The molecule has 0 amide bonds. The lowest BCUT2D eigenvalue weighted by molar-refractivity contribution is 0.0403. The SMILES string of the molecule is CCC(OCC1CO1)c1cccc2ccccc12. The summed E-state index contributed by atoms with van der Waals surface area (Å²) in [5.41, 5.74) is 1.29. The van der Waals surface area contributed by atoms with E-state index < -0.39 is 0 Å². The first-order chi connectivity index (χ1) is 8.88. The summed E-state index contributed by atoms with van der Waals surface area (Å²) in [7, 11) is 0. The molecule has 3 rings (SSSR count). The van der Waals surface area contributed by atoms with E-state index in [-0.39, 0.29) is 6.10 Å². The van der Waals surface area contributed by atoms with E-state index in [0.717, 1.165) is 13.0 Å². The molecule has 0 saturated carbocycles. The Bertz CT molecular complexity index is 526. The first-order valence-electron chi connectivity index (χ1n) is 6.59. The van der Waals surface area contributed by atoms with Crippen molar-refractivity contribution in [3.8, 4) is 0 Å². The molecule has 0 aromatic heterocycles. The number of hydrogen-bond acceptors (Lipinski definition) is 2. The van der Waals surface area contributed by atoms with Crippen molar-refractivity contribution in [2.45, 2.75) is 25.6 Å². The fourth-order valence-corrected chi connectivity index (χ4v) is 2.35. The molecule has 1 aliphatic rings. The summed E-state index contributed by atoms with van der Waals surface area (Å²) in [6.45, 7) is 3.73. The van der Waals surface area contributed by atoms with Gasteiger partial charge in [0.2, 0.25) is 0 Å². The van der Waals surface area contributed by atoms with E-state index in [4.69, 9.17) is 9.47 Å². The minimum Gasteiger partial charge on any atom is -0.371 e. The molecule has 2 unspecified atom stereocenters. The molecule has 2 heteroatoms. The zero-order valence-electron chi connectivity index (χ0n) is 10.6. The van der Waals surface area contributed by atoms with E-state index in [9.17, 15) is 0 Å². The van der Waals surface area contributed by atoms with Crippen LogP contribution in [-0.2, 0) is 9.47 Å². The lowest BCUT2D eigenvalue weighted by Crippen LogP contribution is -2.08. The Morgan fingerprint density at radius 1 is 1.22 bits per heavy atom. The number of hydrogen-bond donors (Lipinski definition) is 0. The molecule has 0 N–H and O–H groups in total. The third-order valence-corrected chi connectivity index (χ3v) is 3.43. The van der Waals surface area contributed by atoms with Crippen LogP contribution in [0.25, 0.3) is 10.8 Å². The zero-order chi connectivity index (χ0) is 12.4. The van der Waals surface area contributed by atoms with Gasteiger partial charge in [-0.25, -0.2) is 0 Å². The van der Waals surface area contributed by atoms with E-state index >= 15 is 0 Å². The average molecular weight is 242 g/mol. The van der Waals surface area contributed by atoms with Gasteiger partial charge in [0.05, 0.1) is 19.3 Å². The fourth-order valence-electron chi connectivity index (χ4n) is 2.35. The van der Waals surface area contributed by atoms with Crippen molar-refractivity contribution in [1.82, 2.24) is 0 Å². The molecule has 0 spiro atoms. The van der Waals surface area contributed by atoms with Crippen LogP contribution < -0.4 is 0 Å². The van der Waals surface area contributed by atoms with Crippen LogP contribution in [-0.4, -0.2) is 19.3 Å². The molecule has 0 bridgehead atoms. The Hall–Kier alpha value is -1.38. The highest BCUT2D eigenvalue weighted by atomic mass is 16.6. The molecule has 94 valence electrons. The predicted molar refractivity (Wildman–Crippen MR) is 72.7 cm³/mol. The van der Waals surface area contributed by atoms with E-state index in [1.54, 1.807) is 0 Å². The van der Waals surface area contributed by atoms with Gasteiger partial charge in [-0.2, -0.15) is 0 Å². The molecule has 1 saturated heterocycles. The van der Waals surface area contributed by atoms with E-state index in [0.29, 0.717) is 12.7 Å². The van der Waals surface area contributed by atoms with Crippen molar-refractivity contribution in [3.05, 3.63) is 48.0 Å². The monoisotopic (exact) mass is 242 g/mol. The minimum atomic E-state index is 0.167. The summed E-state index contributed by atoms with van der Waals surface area (Å²) in [6.07, 6.45) is 1.48. The smallest absolute Gasteiger partial charge is 0.104 e. The van der Waals surface area contributed by atoms with Crippen molar-refractivity contribution in [2.24, 2.45) is 0 Å². The second-order valence-corrected chi connectivity index (χ2v) is 4.75. The third kappa shape index (κ3) is 2.40. The molecule has 1 fully saturated rings. The number of rotatable bonds is 5. The molecular formula is C16H18O2. The Balaban J connectivity index is 1.89. The van der Waals surface area contributed by atoms with Crippen LogP contribution in [0.2, 0.25) is 0 Å². The van der Waals surface area contributed by atoms with Gasteiger partial charge >= 0.3 is 0 Å². The van der Waals surface area contributed by atoms with Crippen LogP contribution in [0.1, 0.15) is 25.0 Å². The van der Waals surface area contributed by atoms with E-state index in [2.05, 4.69) is 49.4 Å². The zero-order valence-corrected chi connectivity index (χ0v) is 10.6. The second-order valence-electron chi connectivity index (χ2n) is 4.75. The van der Waals surface area contributed by atoms with Gasteiger partial charge in [0.1, 0.15) is 6.10 Å². The summed E-state index contributed by atoms with van der Waals surface area (Å²) >= 11 is 0. The third-order valence-electron chi connectivity index (χ3n) is 3.43. The maximum absolute atomic E-state index is 5.98. The van der Waals surface area contributed by atoms with Gasteiger partial charge in [-0.1, -0.05) is 49.4 Å². The topological polar surface area (TPSA) is 21.8 Å². The highest BCUT2D eigenvalue weighted by Gasteiger charge is 2.24. The van der Waals surface area contributed by atoms with Gasteiger partial charge in [-0.15, -0.1) is 0 Å². The molecule has 1 heterocycles. The maximum atomic E-state index is 5.98. The van der Waals surface area contributed by atoms with Crippen LogP contribution in [0, 0.1) is 0 Å². The van der Waals surface area contributed by atoms with E-state index in [1.807, 2.05) is 0 Å². The van der Waals surface area contributed by atoms with Crippen molar-refractivity contribution in [1.29, 1.82) is 0 Å². The Labute approximate surface area is 108 Å². The second kappa shape index (κ2) is 5.09. The molecule has 0 aliphatic carbocycles. The minimum absolute atomic E-state index is 0.167. The van der Waals surface area contributed by atoms with Crippen molar-refractivity contribution >= 4 is 10.8 Å². The van der Waals surface area contributed by atoms with Crippen LogP contribution in [0.3, 0.4) is 0 Å². The quantitative estimate of drug-likeness (QED) is 0.746. The van der Waals surface area contributed by atoms with Crippen LogP contribution in [0.15, 0.2) is 42.5 Å². The van der Waals surface area contributed by atoms with Crippen LogP contribution >= 0.6 is 0 Å². The summed E-state index contributed by atoms with van der Waals surface area (Å²) < 4.78 is 11.2. The first kappa shape index (κ1) is 11.7. The van der Waals surface area contributed by atoms with Crippen molar-refractivity contribution in [2.75, 3.05) is 13.2 Å². The van der Waals surface area contributed by atoms with E-state index in [1.165, 1.54) is 16.3 Å². The molecule has 18 heavy (non-hydrogen) atoms. The molecule has 0 radical (unpaired) electrons. The predicted octanol–water partition coefficient (Wildman–Crippen LogP) is 3.71. The van der Waals surface area contributed by atoms with Crippen LogP contribution in [0.4, 0.5) is 0 Å². The number of ether oxygens (including phenoxy) is 2. The lowest BCUT2D eigenvalue weighted by atomic mass is 9.99. The number of fused-ring (bicyclic) bond motifs is 1. The van der Waals surface area contributed by atoms with Gasteiger partial charge in [-0.3, -0.25) is 0 Å². The van der Waals surface area contributed by atoms with Crippen molar-refractivity contribution < 1.29 is 9.47 Å². The largest absolute Gasteiger partial charge is 0.371 e. The summed E-state index contributed by atoms with van der Waals surface area (Å²) in [5, 5.41) is 2.57. The van der Waals surface area contributed by atoms with Gasteiger partial charge in [0, 0.05) is 0 Å². The lowest BCUT2D eigenvalue weighted by Gasteiger charge is -2.18. The molecule has 2 atom stereocenters. The van der Waals surface area contributed by atoms with Gasteiger partial charge in [-0.05, 0) is 22.8 Å². The van der Waals surface area contributed by atoms with Gasteiger partial charge in [0.25, 0.3) is 0 Å². The van der Waals surface area contributed by atoms with Crippen LogP contribution in [0.5, 0.6) is 0 Å². The molecule has 2 aromatic carbocycles. The summed E-state index contributed by atoms with van der Waals surface area (Å²) in [5.74, 6) is 0. The molecule has 2 aromatic rings. The molecular weight excluding hydrogens is 224 g/mol. The summed E-state index contributed by atoms with van der Waals surface area (Å²) in [6, 6.07) is 14.9. The standard InChI is InChI=1S/C16H18O2/c1-2-16(18-11-13-10-17-13)15-9-5-7-12-6-3-4-8-14(12)15/h3-9,13,16H,2,10-11H2,1H3. The van der Waals surface area contributed by atoms with Crippen molar-refractivity contribution in [3.63, 3.8) is 0 Å². The average Bonchev–Trinajstić information content (AvgIpc) is 3.24. The fraction of sp³-hybridized carbons (Fsp3) is 0.375. The molecule has 1 aliphatic heterocycles. The highest BCUT2D eigenvalue weighted by molar-refractivity contribution is 5.85. The first-order valence-corrected chi connectivity index (χ1v) is 6.59.